The molecule has 0 aliphatic carbocycles. The Hall–Kier alpha value is -2.79. The van der Waals surface area contributed by atoms with Crippen molar-refractivity contribution < 1.29 is 4.79 Å². The summed E-state index contributed by atoms with van der Waals surface area (Å²) in [6, 6.07) is 20.9. The fourth-order valence-electron chi connectivity index (χ4n) is 3.38. The molecule has 0 spiro atoms. The van der Waals surface area contributed by atoms with Crippen LogP contribution < -0.4 is 10.2 Å². The zero-order valence-corrected chi connectivity index (χ0v) is 16.5. The van der Waals surface area contributed by atoms with E-state index in [9.17, 15) is 4.79 Å². The third kappa shape index (κ3) is 4.37. The number of pyridine rings is 1. The molecule has 1 aliphatic rings. The molecule has 28 heavy (non-hydrogen) atoms. The van der Waals surface area contributed by atoms with Gasteiger partial charge >= 0.3 is 0 Å². The van der Waals surface area contributed by atoms with E-state index in [0.717, 1.165) is 24.9 Å². The van der Waals surface area contributed by atoms with Crippen molar-refractivity contribution in [2.24, 2.45) is 0 Å². The Bertz CT molecular complexity index is 900. The number of carbonyl (C=O) groups is 1. The van der Waals surface area contributed by atoms with E-state index in [0.29, 0.717) is 13.0 Å². The quantitative estimate of drug-likeness (QED) is 0.588. The van der Waals surface area contributed by atoms with Crippen LogP contribution in [-0.4, -0.2) is 24.0 Å². The second-order valence-electron chi connectivity index (χ2n) is 6.75. The van der Waals surface area contributed by atoms with Crippen molar-refractivity contribution in [1.29, 1.82) is 0 Å². The molecule has 0 radical (unpaired) electrons. The Kier molecular flexibility index (Phi) is 5.92. The maximum absolute atomic E-state index is 12.1. The standard InChI is InChI=1S/C23H23N3OS/c27-23(11-10-18-12-15-24-16-13-18)25-14-5-17-26-19-6-1-3-8-21(19)28-22-9-4-2-7-20(22)26/h1-4,6-9,12-13,15-16H,5,10-11,14,17H2,(H,25,27). The van der Waals surface area contributed by atoms with Gasteiger partial charge in [0.15, 0.2) is 0 Å². The average molecular weight is 390 g/mol. The van der Waals surface area contributed by atoms with Crippen molar-refractivity contribution in [1.82, 2.24) is 10.3 Å². The lowest BCUT2D eigenvalue weighted by molar-refractivity contribution is -0.121. The largest absolute Gasteiger partial charge is 0.356 e. The van der Waals surface area contributed by atoms with Gasteiger partial charge in [-0.1, -0.05) is 36.0 Å². The molecule has 1 aliphatic heterocycles. The summed E-state index contributed by atoms with van der Waals surface area (Å²) >= 11 is 1.82. The number of carbonyl (C=O) groups excluding carboxylic acids is 1. The van der Waals surface area contributed by atoms with Crippen LogP contribution in [0, 0.1) is 0 Å². The van der Waals surface area contributed by atoms with E-state index in [-0.39, 0.29) is 5.91 Å². The van der Waals surface area contributed by atoms with Crippen molar-refractivity contribution in [3.63, 3.8) is 0 Å². The van der Waals surface area contributed by atoms with Crippen LogP contribution in [0.3, 0.4) is 0 Å². The van der Waals surface area contributed by atoms with Gasteiger partial charge in [-0.25, -0.2) is 0 Å². The lowest BCUT2D eigenvalue weighted by atomic mass is 10.1. The number of aromatic nitrogens is 1. The van der Waals surface area contributed by atoms with E-state index >= 15 is 0 Å². The third-order valence-corrected chi connectivity index (χ3v) is 5.93. The number of rotatable bonds is 7. The topological polar surface area (TPSA) is 45.2 Å². The summed E-state index contributed by atoms with van der Waals surface area (Å²) in [6.07, 6.45) is 5.68. The number of fused-ring (bicyclic) bond motifs is 2. The van der Waals surface area contributed by atoms with Crippen LogP contribution in [-0.2, 0) is 11.2 Å². The lowest BCUT2D eigenvalue weighted by Gasteiger charge is -2.32. The van der Waals surface area contributed by atoms with E-state index in [1.165, 1.54) is 21.2 Å². The lowest BCUT2D eigenvalue weighted by Crippen LogP contribution is -2.29. The molecular formula is C23H23N3OS. The average Bonchev–Trinajstić information content (AvgIpc) is 2.75. The van der Waals surface area contributed by atoms with Gasteiger partial charge in [-0.15, -0.1) is 0 Å². The summed E-state index contributed by atoms with van der Waals surface area (Å²) in [5.74, 6) is 0.104. The second kappa shape index (κ2) is 8.93. The monoisotopic (exact) mass is 389 g/mol. The number of para-hydroxylation sites is 2. The van der Waals surface area contributed by atoms with E-state index in [2.05, 4.69) is 63.7 Å². The first-order chi connectivity index (χ1) is 13.8. The summed E-state index contributed by atoms with van der Waals surface area (Å²) in [6.45, 7) is 1.56. The highest BCUT2D eigenvalue weighted by Gasteiger charge is 2.22. The van der Waals surface area contributed by atoms with Gasteiger partial charge in [0.05, 0.1) is 11.4 Å². The van der Waals surface area contributed by atoms with E-state index in [1.54, 1.807) is 12.4 Å². The van der Waals surface area contributed by atoms with Crippen molar-refractivity contribution in [2.45, 2.75) is 29.1 Å². The molecule has 142 valence electrons. The molecular weight excluding hydrogens is 366 g/mol. The predicted molar refractivity (Wildman–Crippen MR) is 114 cm³/mol. The molecule has 3 aromatic rings. The van der Waals surface area contributed by atoms with E-state index in [4.69, 9.17) is 0 Å². The van der Waals surface area contributed by atoms with Crippen molar-refractivity contribution in [2.75, 3.05) is 18.0 Å². The maximum Gasteiger partial charge on any atom is 0.220 e. The van der Waals surface area contributed by atoms with Crippen molar-refractivity contribution in [3.8, 4) is 0 Å². The van der Waals surface area contributed by atoms with Gasteiger partial charge in [-0.3, -0.25) is 9.78 Å². The van der Waals surface area contributed by atoms with Crippen LogP contribution in [0.2, 0.25) is 0 Å². The number of hydrogen-bond acceptors (Lipinski definition) is 4. The van der Waals surface area contributed by atoms with Crippen LogP contribution in [0.5, 0.6) is 0 Å². The highest BCUT2D eigenvalue weighted by molar-refractivity contribution is 7.99. The van der Waals surface area contributed by atoms with Crippen molar-refractivity contribution in [3.05, 3.63) is 78.6 Å². The smallest absolute Gasteiger partial charge is 0.220 e. The summed E-state index contributed by atoms with van der Waals surface area (Å²) < 4.78 is 0. The van der Waals surface area contributed by atoms with E-state index in [1.807, 2.05) is 23.9 Å². The van der Waals surface area contributed by atoms with E-state index < -0.39 is 0 Å². The molecule has 4 rings (SSSR count). The molecule has 0 saturated heterocycles. The molecule has 5 heteroatoms. The summed E-state index contributed by atoms with van der Waals surface area (Å²) in [5, 5.41) is 3.05. The Morgan fingerprint density at radius 3 is 2.25 bits per heavy atom. The van der Waals surface area contributed by atoms with Gasteiger partial charge in [0.25, 0.3) is 0 Å². The highest BCUT2D eigenvalue weighted by atomic mass is 32.2. The fraction of sp³-hybridized carbons (Fsp3) is 0.217. The van der Waals surface area contributed by atoms with Gasteiger partial charge < -0.3 is 10.2 Å². The first-order valence-corrected chi connectivity index (χ1v) is 10.4. The molecule has 0 bridgehead atoms. The number of nitrogens with zero attached hydrogens (tertiary/aromatic N) is 2. The number of amides is 1. The Morgan fingerprint density at radius 2 is 1.57 bits per heavy atom. The molecule has 0 fully saturated rings. The molecule has 0 atom stereocenters. The maximum atomic E-state index is 12.1. The first-order valence-electron chi connectivity index (χ1n) is 9.60. The fourth-order valence-corrected chi connectivity index (χ4v) is 4.48. The Balaban J connectivity index is 1.31. The van der Waals surface area contributed by atoms with Crippen LogP contribution in [0.4, 0.5) is 11.4 Å². The number of hydrogen-bond donors (Lipinski definition) is 1. The number of nitrogens with one attached hydrogen (secondary N) is 1. The second-order valence-corrected chi connectivity index (χ2v) is 7.83. The zero-order chi connectivity index (χ0) is 19.2. The molecule has 0 saturated carbocycles. The Labute approximate surface area is 170 Å². The normalized spacial score (nSPS) is 12.2. The zero-order valence-electron chi connectivity index (χ0n) is 15.7. The van der Waals surface area contributed by atoms with Crippen LogP contribution >= 0.6 is 11.8 Å². The number of aryl methyl sites for hydroxylation is 1. The van der Waals surface area contributed by atoms with Crippen LogP contribution in [0.25, 0.3) is 0 Å². The molecule has 1 aromatic heterocycles. The minimum atomic E-state index is 0.104. The van der Waals surface area contributed by atoms with Gasteiger partial charge in [0.2, 0.25) is 5.91 Å². The number of benzene rings is 2. The SMILES string of the molecule is O=C(CCc1ccncc1)NCCCN1c2ccccc2Sc2ccccc21. The molecule has 2 aromatic carbocycles. The minimum absolute atomic E-state index is 0.104. The summed E-state index contributed by atoms with van der Waals surface area (Å²) in [4.78, 5) is 21.0. The summed E-state index contributed by atoms with van der Waals surface area (Å²) in [5.41, 5.74) is 3.63. The highest BCUT2D eigenvalue weighted by Crippen LogP contribution is 2.47. The van der Waals surface area contributed by atoms with Gasteiger partial charge in [-0.05, 0) is 54.8 Å². The van der Waals surface area contributed by atoms with Crippen molar-refractivity contribution >= 4 is 29.0 Å². The van der Waals surface area contributed by atoms with Crippen LogP contribution in [0.15, 0.2) is 82.8 Å². The number of anilines is 2. The summed E-state index contributed by atoms with van der Waals surface area (Å²) in [7, 11) is 0. The third-order valence-electron chi connectivity index (χ3n) is 4.80. The molecule has 1 amide bonds. The van der Waals surface area contributed by atoms with Gasteiger partial charge in [0, 0.05) is 41.7 Å². The molecule has 2 heterocycles. The molecule has 0 unspecified atom stereocenters. The predicted octanol–water partition coefficient (Wildman–Crippen LogP) is 4.82. The molecule has 4 nitrogen and oxygen atoms in total. The van der Waals surface area contributed by atoms with Gasteiger partial charge in [-0.2, -0.15) is 0 Å². The Morgan fingerprint density at radius 1 is 0.929 bits per heavy atom. The van der Waals surface area contributed by atoms with Crippen LogP contribution in [0.1, 0.15) is 18.4 Å². The molecule has 1 N–H and O–H groups in total. The van der Waals surface area contributed by atoms with Gasteiger partial charge in [0.1, 0.15) is 0 Å². The first kappa shape index (κ1) is 18.6. The minimum Gasteiger partial charge on any atom is -0.356 e.